The van der Waals surface area contributed by atoms with E-state index >= 15 is 0 Å². The monoisotopic (exact) mass is 432 g/mol. The maximum Gasteiger partial charge on any atom is 0.267 e. The number of sulfonamides is 1. The SMILES string of the molecule is CC(C)n1cnc(S(=O)(=O)NC2CCC(n3nc(-n4cncn4)ccc3=O)CC2)c1. The Hall–Kier alpha value is -2.86. The van der Waals surface area contributed by atoms with Gasteiger partial charge in [-0.1, -0.05) is 0 Å². The third-order valence-electron chi connectivity index (χ3n) is 5.28. The highest BCUT2D eigenvalue weighted by molar-refractivity contribution is 7.89. The lowest BCUT2D eigenvalue weighted by molar-refractivity contribution is 0.284. The zero-order chi connectivity index (χ0) is 21.3. The molecule has 0 bridgehead atoms. The number of aromatic nitrogens is 7. The molecule has 0 aromatic carbocycles. The van der Waals surface area contributed by atoms with E-state index in [0.717, 1.165) is 0 Å². The number of rotatable bonds is 6. The highest BCUT2D eigenvalue weighted by Gasteiger charge is 2.28. The van der Waals surface area contributed by atoms with Crippen molar-refractivity contribution in [3.8, 4) is 5.82 Å². The minimum Gasteiger partial charge on any atom is -0.334 e. The lowest BCUT2D eigenvalue weighted by Crippen LogP contribution is -2.39. The van der Waals surface area contributed by atoms with Crippen LogP contribution in [0.1, 0.15) is 51.6 Å². The molecule has 160 valence electrons. The molecule has 0 amide bonds. The molecule has 4 rings (SSSR count). The molecule has 1 aliphatic carbocycles. The fourth-order valence-corrected chi connectivity index (χ4v) is 4.82. The molecule has 3 aromatic heterocycles. The largest absolute Gasteiger partial charge is 0.334 e. The molecule has 11 nitrogen and oxygen atoms in total. The molecule has 12 heteroatoms. The summed E-state index contributed by atoms with van der Waals surface area (Å²) < 4.78 is 32.8. The van der Waals surface area contributed by atoms with Crippen LogP contribution in [0.3, 0.4) is 0 Å². The number of nitrogens with zero attached hydrogens (tertiary/aromatic N) is 7. The Morgan fingerprint density at radius 3 is 2.53 bits per heavy atom. The molecule has 30 heavy (non-hydrogen) atoms. The second-order valence-corrected chi connectivity index (χ2v) is 9.35. The fourth-order valence-electron chi connectivity index (χ4n) is 3.58. The van der Waals surface area contributed by atoms with E-state index in [2.05, 4.69) is 24.9 Å². The molecule has 3 aromatic rings. The fraction of sp³-hybridized carbons (Fsp3) is 0.500. The Kier molecular flexibility index (Phi) is 5.52. The summed E-state index contributed by atoms with van der Waals surface area (Å²) in [6.07, 6.45) is 8.48. The maximum absolute atomic E-state index is 12.6. The molecule has 1 fully saturated rings. The minimum absolute atomic E-state index is 0.0248. The highest BCUT2D eigenvalue weighted by atomic mass is 32.2. The molecule has 0 saturated heterocycles. The molecule has 0 spiro atoms. The number of hydrogen-bond acceptors (Lipinski definition) is 7. The Morgan fingerprint density at radius 2 is 1.90 bits per heavy atom. The van der Waals surface area contributed by atoms with Crippen LogP contribution in [0.15, 0.2) is 47.1 Å². The topological polar surface area (TPSA) is 130 Å². The average molecular weight is 433 g/mol. The van der Waals surface area contributed by atoms with Gasteiger partial charge in [-0.15, -0.1) is 5.10 Å². The van der Waals surface area contributed by atoms with Gasteiger partial charge in [0.15, 0.2) is 10.8 Å². The van der Waals surface area contributed by atoms with Gasteiger partial charge in [0.2, 0.25) is 0 Å². The van der Waals surface area contributed by atoms with Crippen molar-refractivity contribution in [3.05, 3.63) is 47.7 Å². The van der Waals surface area contributed by atoms with Crippen molar-refractivity contribution in [2.24, 2.45) is 0 Å². The summed E-state index contributed by atoms with van der Waals surface area (Å²) >= 11 is 0. The van der Waals surface area contributed by atoms with Crippen molar-refractivity contribution in [3.63, 3.8) is 0 Å². The van der Waals surface area contributed by atoms with Gasteiger partial charge in [-0.3, -0.25) is 4.79 Å². The average Bonchev–Trinajstić information content (AvgIpc) is 3.41. The van der Waals surface area contributed by atoms with Crippen LogP contribution in [0, 0.1) is 0 Å². The Bertz CT molecular complexity index is 1160. The highest BCUT2D eigenvalue weighted by Crippen LogP contribution is 2.28. The summed E-state index contributed by atoms with van der Waals surface area (Å²) in [5, 5.41) is 8.48. The van der Waals surface area contributed by atoms with Gasteiger partial charge in [0, 0.05) is 24.3 Å². The van der Waals surface area contributed by atoms with Gasteiger partial charge in [0.1, 0.15) is 12.7 Å². The van der Waals surface area contributed by atoms with Crippen molar-refractivity contribution in [2.45, 2.75) is 62.7 Å². The first kappa shape index (κ1) is 20.4. The maximum atomic E-state index is 12.6. The van der Waals surface area contributed by atoms with Gasteiger partial charge >= 0.3 is 0 Å². The molecule has 1 N–H and O–H groups in total. The van der Waals surface area contributed by atoms with Crippen LogP contribution in [-0.4, -0.2) is 48.6 Å². The quantitative estimate of drug-likeness (QED) is 0.616. The first-order valence-electron chi connectivity index (χ1n) is 9.84. The van der Waals surface area contributed by atoms with E-state index in [-0.39, 0.29) is 28.7 Å². The van der Waals surface area contributed by atoms with Crippen molar-refractivity contribution in [1.82, 2.24) is 38.8 Å². The Morgan fingerprint density at radius 1 is 1.13 bits per heavy atom. The van der Waals surface area contributed by atoms with Gasteiger partial charge in [-0.05, 0) is 45.6 Å². The molecular formula is C18H24N8O3S. The third-order valence-corrected chi connectivity index (χ3v) is 6.68. The van der Waals surface area contributed by atoms with E-state index in [1.54, 1.807) is 10.6 Å². The van der Waals surface area contributed by atoms with Gasteiger partial charge in [-0.2, -0.15) is 5.10 Å². The standard InChI is InChI=1S/C18H24N8O3S/c1-13(2)24-9-17(20-12-24)30(28,29)23-14-3-5-15(6-4-14)26-18(27)8-7-16(22-26)25-11-19-10-21-25/h7-15,23H,3-6H2,1-2H3. The molecule has 3 heterocycles. The third kappa shape index (κ3) is 4.19. The normalized spacial score (nSPS) is 20.0. The van der Waals surface area contributed by atoms with E-state index in [0.29, 0.717) is 31.5 Å². The molecule has 0 atom stereocenters. The lowest BCUT2D eigenvalue weighted by atomic mass is 9.92. The van der Waals surface area contributed by atoms with E-state index < -0.39 is 10.0 Å². The zero-order valence-corrected chi connectivity index (χ0v) is 17.6. The van der Waals surface area contributed by atoms with Crippen molar-refractivity contribution in [1.29, 1.82) is 0 Å². The molecule has 0 aliphatic heterocycles. The smallest absolute Gasteiger partial charge is 0.267 e. The molecule has 0 radical (unpaired) electrons. The molecular weight excluding hydrogens is 408 g/mol. The van der Waals surface area contributed by atoms with E-state index in [1.165, 1.54) is 40.6 Å². The minimum atomic E-state index is -3.68. The number of imidazole rings is 1. The summed E-state index contributed by atoms with van der Waals surface area (Å²) in [7, 11) is -3.68. The Labute approximate surface area is 173 Å². The zero-order valence-electron chi connectivity index (χ0n) is 16.8. The summed E-state index contributed by atoms with van der Waals surface area (Å²) in [6.45, 7) is 3.92. The van der Waals surface area contributed by atoms with Crippen LogP contribution >= 0.6 is 0 Å². The summed E-state index contributed by atoms with van der Waals surface area (Å²) in [5.74, 6) is 0.510. The number of nitrogens with one attached hydrogen (secondary N) is 1. The summed E-state index contributed by atoms with van der Waals surface area (Å²) in [6, 6.07) is 2.90. The second-order valence-electron chi connectivity index (χ2n) is 7.69. The molecule has 1 aliphatic rings. The predicted octanol–water partition coefficient (Wildman–Crippen LogP) is 1.06. The summed E-state index contributed by atoms with van der Waals surface area (Å²) in [4.78, 5) is 20.2. The number of hydrogen-bond donors (Lipinski definition) is 1. The summed E-state index contributed by atoms with van der Waals surface area (Å²) in [5.41, 5.74) is -0.192. The van der Waals surface area contributed by atoms with Gasteiger partial charge in [-0.25, -0.2) is 32.5 Å². The van der Waals surface area contributed by atoms with E-state index in [1.807, 2.05) is 13.8 Å². The van der Waals surface area contributed by atoms with Crippen molar-refractivity contribution in [2.75, 3.05) is 0 Å². The van der Waals surface area contributed by atoms with Crippen LogP contribution in [0.2, 0.25) is 0 Å². The first-order chi connectivity index (χ1) is 14.3. The van der Waals surface area contributed by atoms with E-state index in [4.69, 9.17) is 0 Å². The van der Waals surface area contributed by atoms with E-state index in [9.17, 15) is 13.2 Å². The van der Waals surface area contributed by atoms with Crippen molar-refractivity contribution < 1.29 is 8.42 Å². The van der Waals surface area contributed by atoms with Crippen molar-refractivity contribution >= 4 is 10.0 Å². The lowest BCUT2D eigenvalue weighted by Gasteiger charge is -2.29. The first-order valence-corrected chi connectivity index (χ1v) is 11.3. The van der Waals surface area contributed by atoms with Crippen LogP contribution in [0.5, 0.6) is 0 Å². The predicted molar refractivity (Wildman–Crippen MR) is 108 cm³/mol. The van der Waals surface area contributed by atoms with Gasteiger partial charge in [0.05, 0.1) is 12.4 Å². The second kappa shape index (κ2) is 8.11. The van der Waals surface area contributed by atoms with Gasteiger partial charge in [0.25, 0.3) is 15.6 Å². The van der Waals surface area contributed by atoms with Crippen LogP contribution in [-0.2, 0) is 10.0 Å². The molecule has 0 unspecified atom stereocenters. The van der Waals surface area contributed by atoms with Crippen LogP contribution in [0.25, 0.3) is 5.82 Å². The molecule has 1 saturated carbocycles. The van der Waals surface area contributed by atoms with Gasteiger partial charge < -0.3 is 4.57 Å². The van der Waals surface area contributed by atoms with Crippen LogP contribution in [0.4, 0.5) is 0 Å². The van der Waals surface area contributed by atoms with Crippen LogP contribution < -0.4 is 10.3 Å². The Balaban J connectivity index is 1.43.